The quantitative estimate of drug-likeness (QED) is 0.476. The van der Waals surface area contributed by atoms with Crippen LogP contribution in [0.15, 0.2) is 24.3 Å². The van der Waals surface area contributed by atoms with Crippen molar-refractivity contribution < 1.29 is 22.6 Å². The van der Waals surface area contributed by atoms with Gasteiger partial charge in [0.2, 0.25) is 5.95 Å². The minimum absolute atomic E-state index is 0.104. The Morgan fingerprint density at radius 2 is 1.97 bits per heavy atom. The molecule has 0 radical (unpaired) electrons. The molecular formula is C23H25F3N6O2S. The van der Waals surface area contributed by atoms with Crippen molar-refractivity contribution in [3.8, 4) is 10.6 Å². The van der Waals surface area contributed by atoms with Crippen LogP contribution in [0.5, 0.6) is 0 Å². The summed E-state index contributed by atoms with van der Waals surface area (Å²) in [6, 6.07) is 7.45. The molecule has 2 aliphatic carbocycles. The van der Waals surface area contributed by atoms with E-state index < -0.39 is 24.1 Å². The van der Waals surface area contributed by atoms with Crippen LogP contribution in [0.2, 0.25) is 0 Å². The van der Waals surface area contributed by atoms with Gasteiger partial charge >= 0.3 is 6.18 Å². The van der Waals surface area contributed by atoms with Gasteiger partial charge in [-0.3, -0.25) is 0 Å². The molecule has 6 rings (SSSR count). The second-order valence-corrected chi connectivity index (χ2v) is 10.9. The van der Waals surface area contributed by atoms with Crippen LogP contribution in [0, 0.1) is 12.8 Å². The Hall–Kier alpha value is -2.54. The first-order valence-electron chi connectivity index (χ1n) is 11.4. The second kappa shape index (κ2) is 7.48. The molecule has 186 valence electrons. The largest absolute Gasteiger partial charge is 0.405 e. The molecular weight excluding hydrogens is 481 g/mol. The number of alkyl halides is 3. The zero-order valence-electron chi connectivity index (χ0n) is 19.3. The SMILES string of the molecule is Cc1nc(NCC(F)(F)F)nc(NC2CC3C(N)C34OC(C)(C)OC24)c1-c1nc2ccccc2s1. The van der Waals surface area contributed by atoms with Gasteiger partial charge in [0, 0.05) is 12.0 Å². The van der Waals surface area contributed by atoms with Crippen LogP contribution in [0.3, 0.4) is 0 Å². The Morgan fingerprint density at radius 1 is 1.20 bits per heavy atom. The molecule has 3 heterocycles. The minimum Gasteiger partial charge on any atom is -0.364 e. The number of nitrogens with two attached hydrogens (primary N) is 1. The molecule has 12 heteroatoms. The van der Waals surface area contributed by atoms with Gasteiger partial charge in [0.25, 0.3) is 0 Å². The molecule has 0 bridgehead atoms. The van der Waals surface area contributed by atoms with Crippen LogP contribution in [0.4, 0.5) is 24.9 Å². The number of para-hydroxylation sites is 1. The van der Waals surface area contributed by atoms with Gasteiger partial charge in [0.05, 0.1) is 27.5 Å². The van der Waals surface area contributed by atoms with Crippen molar-refractivity contribution in [2.24, 2.45) is 11.7 Å². The fourth-order valence-electron chi connectivity index (χ4n) is 5.54. The number of benzene rings is 1. The van der Waals surface area contributed by atoms with E-state index in [-0.39, 0.29) is 30.1 Å². The number of thiazole rings is 1. The first-order valence-corrected chi connectivity index (χ1v) is 12.2. The molecule has 1 aromatic carbocycles. The molecule has 1 aliphatic heterocycles. The zero-order valence-corrected chi connectivity index (χ0v) is 20.1. The second-order valence-electron chi connectivity index (χ2n) is 9.82. The lowest BCUT2D eigenvalue weighted by Gasteiger charge is -2.26. The molecule has 3 aromatic rings. The van der Waals surface area contributed by atoms with Crippen LogP contribution in [0.1, 0.15) is 26.0 Å². The lowest BCUT2D eigenvalue weighted by Crippen LogP contribution is -2.42. The topological polar surface area (TPSA) is 107 Å². The standard InChI is InChI=1S/C23H25F3N6O2S/c1-10-15(19-31-12-6-4-5-7-14(12)35-19)18(32-20(29-10)28-9-22(24,25)26)30-13-8-11-16(27)23(11)17(13)33-21(2,3)34-23/h4-7,11,13,16-17H,8-9,27H2,1-3H3,(H2,28,29,30,32). The maximum absolute atomic E-state index is 12.9. The van der Waals surface area contributed by atoms with Gasteiger partial charge in [-0.15, -0.1) is 11.3 Å². The van der Waals surface area contributed by atoms with Crippen molar-refractivity contribution in [3.63, 3.8) is 0 Å². The van der Waals surface area contributed by atoms with E-state index in [4.69, 9.17) is 20.2 Å². The first-order chi connectivity index (χ1) is 16.5. The number of aryl methyl sites for hydroxylation is 1. The number of ether oxygens (including phenoxy) is 2. The molecule has 5 unspecified atom stereocenters. The number of nitrogens with zero attached hydrogens (tertiary/aromatic N) is 3. The first kappa shape index (κ1) is 22.9. The molecule has 5 atom stereocenters. The predicted octanol–water partition coefficient (Wildman–Crippen LogP) is 4.07. The molecule has 8 nitrogen and oxygen atoms in total. The van der Waals surface area contributed by atoms with Crippen LogP contribution in [-0.2, 0) is 9.47 Å². The van der Waals surface area contributed by atoms with Crippen molar-refractivity contribution >= 4 is 33.3 Å². The van der Waals surface area contributed by atoms with E-state index in [2.05, 4.69) is 20.6 Å². The van der Waals surface area contributed by atoms with Crippen molar-refractivity contribution in [2.45, 2.75) is 62.9 Å². The zero-order chi connectivity index (χ0) is 24.8. The van der Waals surface area contributed by atoms with E-state index in [9.17, 15) is 13.2 Å². The highest BCUT2D eigenvalue weighted by Gasteiger charge is 2.80. The molecule has 35 heavy (non-hydrogen) atoms. The van der Waals surface area contributed by atoms with Gasteiger partial charge in [-0.25, -0.2) is 9.97 Å². The van der Waals surface area contributed by atoms with Crippen molar-refractivity contribution in [3.05, 3.63) is 30.0 Å². The number of nitrogens with one attached hydrogen (secondary N) is 2. The smallest absolute Gasteiger partial charge is 0.364 e. The number of halogens is 3. The Kier molecular flexibility index (Phi) is 4.89. The van der Waals surface area contributed by atoms with E-state index in [1.165, 1.54) is 11.3 Å². The molecule has 1 spiro atoms. The summed E-state index contributed by atoms with van der Waals surface area (Å²) in [5, 5.41) is 6.44. The third-order valence-electron chi connectivity index (χ3n) is 6.94. The van der Waals surface area contributed by atoms with Crippen molar-refractivity contribution in [1.82, 2.24) is 15.0 Å². The molecule has 3 fully saturated rings. The molecule has 2 saturated carbocycles. The summed E-state index contributed by atoms with van der Waals surface area (Å²) in [7, 11) is 0. The average Bonchev–Trinajstić information content (AvgIpc) is 3.12. The molecule has 3 aliphatic rings. The Balaban J connectivity index is 1.38. The summed E-state index contributed by atoms with van der Waals surface area (Å²) in [5.41, 5.74) is 7.79. The summed E-state index contributed by atoms with van der Waals surface area (Å²) in [6.07, 6.45) is -4.00. The summed E-state index contributed by atoms with van der Waals surface area (Å²) >= 11 is 1.48. The fourth-order valence-corrected chi connectivity index (χ4v) is 6.60. The monoisotopic (exact) mass is 506 g/mol. The van der Waals surface area contributed by atoms with E-state index >= 15 is 0 Å². The summed E-state index contributed by atoms with van der Waals surface area (Å²) in [6.45, 7) is 4.23. The van der Waals surface area contributed by atoms with Gasteiger partial charge in [-0.1, -0.05) is 12.1 Å². The Labute approximate surface area is 203 Å². The fraction of sp³-hybridized carbons (Fsp3) is 0.522. The minimum atomic E-state index is -4.40. The molecule has 2 aromatic heterocycles. The third kappa shape index (κ3) is 3.74. The van der Waals surface area contributed by atoms with Gasteiger partial charge in [0.15, 0.2) is 5.79 Å². The van der Waals surface area contributed by atoms with E-state index in [1.54, 1.807) is 6.92 Å². The molecule has 0 amide bonds. The summed E-state index contributed by atoms with van der Waals surface area (Å²) < 4.78 is 52.0. The van der Waals surface area contributed by atoms with Crippen LogP contribution in [0.25, 0.3) is 20.8 Å². The third-order valence-corrected chi connectivity index (χ3v) is 8.00. The highest BCUT2D eigenvalue weighted by atomic mass is 32.1. The maximum atomic E-state index is 12.9. The van der Waals surface area contributed by atoms with Gasteiger partial charge in [0.1, 0.15) is 29.1 Å². The van der Waals surface area contributed by atoms with Crippen LogP contribution >= 0.6 is 11.3 Å². The van der Waals surface area contributed by atoms with Gasteiger partial charge in [-0.2, -0.15) is 18.2 Å². The maximum Gasteiger partial charge on any atom is 0.405 e. The van der Waals surface area contributed by atoms with Crippen LogP contribution in [-0.4, -0.2) is 57.2 Å². The average molecular weight is 507 g/mol. The normalized spacial score (nSPS) is 30.8. The molecule has 4 N–H and O–H groups in total. The van der Waals surface area contributed by atoms with E-state index in [1.807, 2.05) is 38.1 Å². The highest BCUT2D eigenvalue weighted by molar-refractivity contribution is 7.21. The number of hydrogen-bond acceptors (Lipinski definition) is 9. The van der Waals surface area contributed by atoms with Crippen molar-refractivity contribution in [2.75, 3.05) is 17.2 Å². The predicted molar refractivity (Wildman–Crippen MR) is 126 cm³/mol. The summed E-state index contributed by atoms with van der Waals surface area (Å²) in [4.78, 5) is 13.5. The summed E-state index contributed by atoms with van der Waals surface area (Å²) in [5.74, 6) is -0.326. The van der Waals surface area contributed by atoms with Gasteiger partial charge < -0.3 is 25.8 Å². The molecule has 1 saturated heterocycles. The Morgan fingerprint density at radius 3 is 2.71 bits per heavy atom. The lowest BCUT2D eigenvalue weighted by molar-refractivity contribution is -0.155. The lowest BCUT2D eigenvalue weighted by atomic mass is 10.1. The number of aromatic nitrogens is 3. The number of anilines is 2. The van der Waals surface area contributed by atoms with Gasteiger partial charge in [-0.05, 0) is 39.3 Å². The number of rotatable bonds is 5. The van der Waals surface area contributed by atoms with Crippen molar-refractivity contribution in [1.29, 1.82) is 0 Å². The van der Waals surface area contributed by atoms with E-state index in [0.717, 1.165) is 10.2 Å². The highest BCUT2D eigenvalue weighted by Crippen LogP contribution is 2.64. The Bertz CT molecular complexity index is 1280. The number of fused-ring (bicyclic) bond motifs is 1. The van der Waals surface area contributed by atoms with Crippen LogP contribution < -0.4 is 16.4 Å². The van der Waals surface area contributed by atoms with E-state index in [0.29, 0.717) is 28.5 Å². The number of hydrogen-bond donors (Lipinski definition) is 3.